The van der Waals surface area contributed by atoms with Crippen molar-refractivity contribution in [3.63, 3.8) is 0 Å². The number of rotatable bonds is 5. The molecular weight excluding hydrogens is 344 g/mol. The van der Waals surface area contributed by atoms with Gasteiger partial charge in [0.25, 0.3) is 0 Å². The summed E-state index contributed by atoms with van der Waals surface area (Å²) in [5.74, 6) is 0.766. The van der Waals surface area contributed by atoms with Crippen LogP contribution in [0.15, 0.2) is 52.9 Å². The Morgan fingerprint density at radius 2 is 2.04 bits per heavy atom. The van der Waals surface area contributed by atoms with E-state index in [2.05, 4.69) is 28.5 Å². The van der Waals surface area contributed by atoms with Crippen molar-refractivity contribution in [1.29, 1.82) is 5.26 Å². The SMILES string of the molecule is COc1cccc(-c2csc(/C(C#N)=N\Nc3ccc(C)c(C)c3)n2)c1. The maximum atomic E-state index is 9.44. The van der Waals surface area contributed by atoms with Crippen LogP contribution in [0.2, 0.25) is 0 Å². The van der Waals surface area contributed by atoms with Gasteiger partial charge >= 0.3 is 0 Å². The number of hydrogen-bond donors (Lipinski definition) is 1. The third-order valence-electron chi connectivity index (χ3n) is 3.98. The zero-order chi connectivity index (χ0) is 18.5. The second-order valence-corrected chi connectivity index (χ2v) is 6.61. The van der Waals surface area contributed by atoms with Crippen molar-refractivity contribution in [2.75, 3.05) is 12.5 Å². The lowest BCUT2D eigenvalue weighted by molar-refractivity contribution is 0.415. The molecule has 2 aromatic carbocycles. The summed E-state index contributed by atoms with van der Waals surface area (Å²) in [6.45, 7) is 4.09. The average molecular weight is 362 g/mol. The molecule has 0 bridgehead atoms. The number of nitrogens with one attached hydrogen (secondary N) is 1. The molecule has 0 spiro atoms. The molecule has 0 fully saturated rings. The first-order valence-corrected chi connectivity index (χ1v) is 8.90. The molecule has 5 nitrogen and oxygen atoms in total. The van der Waals surface area contributed by atoms with Gasteiger partial charge in [-0.25, -0.2) is 4.98 Å². The first-order valence-electron chi connectivity index (χ1n) is 8.02. The molecule has 1 aromatic heterocycles. The highest BCUT2D eigenvalue weighted by Gasteiger charge is 2.11. The number of nitrogens with zero attached hydrogens (tertiary/aromatic N) is 3. The Labute approximate surface area is 156 Å². The number of aryl methyl sites for hydroxylation is 2. The number of nitriles is 1. The van der Waals surface area contributed by atoms with E-state index in [0.29, 0.717) is 5.01 Å². The van der Waals surface area contributed by atoms with E-state index in [0.717, 1.165) is 22.7 Å². The van der Waals surface area contributed by atoms with Gasteiger partial charge in [-0.3, -0.25) is 5.43 Å². The van der Waals surface area contributed by atoms with Gasteiger partial charge in [0.2, 0.25) is 0 Å². The first kappa shape index (κ1) is 17.6. The average Bonchev–Trinajstić information content (AvgIpc) is 3.15. The van der Waals surface area contributed by atoms with Crippen LogP contribution in [0, 0.1) is 25.2 Å². The highest BCUT2D eigenvalue weighted by atomic mass is 32.1. The van der Waals surface area contributed by atoms with Crippen LogP contribution in [0.25, 0.3) is 11.3 Å². The first-order chi connectivity index (χ1) is 12.6. The molecule has 0 amide bonds. The standard InChI is InChI=1S/C20H18N4OS/c1-13-7-8-16(9-14(13)2)23-24-18(11-21)20-22-19(12-26-20)15-5-4-6-17(10-15)25-3/h4-10,12,23H,1-3H3/b24-18-. The lowest BCUT2D eigenvalue weighted by Crippen LogP contribution is -2.01. The van der Waals surface area contributed by atoms with Crippen molar-refractivity contribution in [2.24, 2.45) is 5.10 Å². The normalized spacial score (nSPS) is 11.1. The van der Waals surface area contributed by atoms with Crippen molar-refractivity contribution in [3.05, 3.63) is 64.0 Å². The van der Waals surface area contributed by atoms with Crippen LogP contribution in [0.1, 0.15) is 16.1 Å². The summed E-state index contributed by atoms with van der Waals surface area (Å²) < 4.78 is 5.25. The molecule has 0 saturated heterocycles. The summed E-state index contributed by atoms with van der Waals surface area (Å²) in [4.78, 5) is 4.54. The second kappa shape index (κ2) is 7.81. The number of hydrazone groups is 1. The number of hydrogen-bond acceptors (Lipinski definition) is 6. The van der Waals surface area contributed by atoms with Gasteiger partial charge in [-0.2, -0.15) is 10.4 Å². The van der Waals surface area contributed by atoms with Crippen molar-refractivity contribution in [1.82, 2.24) is 4.98 Å². The number of methoxy groups -OCH3 is 1. The molecule has 6 heteroatoms. The fourth-order valence-corrected chi connectivity index (χ4v) is 3.12. The van der Waals surface area contributed by atoms with Gasteiger partial charge in [0.15, 0.2) is 10.7 Å². The third kappa shape index (κ3) is 3.90. The van der Waals surface area contributed by atoms with Gasteiger partial charge in [-0.1, -0.05) is 18.2 Å². The lowest BCUT2D eigenvalue weighted by atomic mass is 10.1. The quantitative estimate of drug-likeness (QED) is 0.524. The van der Waals surface area contributed by atoms with E-state index in [9.17, 15) is 5.26 Å². The Morgan fingerprint density at radius 3 is 2.77 bits per heavy atom. The van der Waals surface area contributed by atoms with Crippen molar-refractivity contribution in [3.8, 4) is 23.1 Å². The van der Waals surface area contributed by atoms with Gasteiger partial charge < -0.3 is 4.74 Å². The largest absolute Gasteiger partial charge is 0.497 e. The van der Waals surface area contributed by atoms with E-state index in [1.807, 2.05) is 54.8 Å². The molecule has 0 aliphatic heterocycles. The molecule has 0 saturated carbocycles. The topological polar surface area (TPSA) is 70.3 Å². The highest BCUT2D eigenvalue weighted by Crippen LogP contribution is 2.25. The summed E-state index contributed by atoms with van der Waals surface area (Å²) >= 11 is 1.39. The minimum atomic E-state index is 0.252. The van der Waals surface area contributed by atoms with E-state index in [1.165, 1.54) is 22.5 Å². The molecule has 0 aliphatic rings. The molecular formula is C20H18N4OS. The fraction of sp³-hybridized carbons (Fsp3) is 0.150. The van der Waals surface area contributed by atoms with Gasteiger partial charge in [0.1, 0.15) is 11.8 Å². The molecule has 26 heavy (non-hydrogen) atoms. The summed E-state index contributed by atoms with van der Waals surface area (Å²) in [6, 6.07) is 15.7. The molecule has 0 aliphatic carbocycles. The molecule has 3 rings (SSSR count). The van der Waals surface area contributed by atoms with E-state index in [1.54, 1.807) is 7.11 Å². The molecule has 1 N–H and O–H groups in total. The van der Waals surface area contributed by atoms with Crippen LogP contribution in [0.3, 0.4) is 0 Å². The predicted molar refractivity (Wildman–Crippen MR) is 106 cm³/mol. The fourth-order valence-electron chi connectivity index (χ4n) is 2.35. The minimum Gasteiger partial charge on any atom is -0.497 e. The zero-order valence-corrected chi connectivity index (χ0v) is 15.6. The monoisotopic (exact) mass is 362 g/mol. The summed E-state index contributed by atoms with van der Waals surface area (Å²) in [5, 5.41) is 16.1. The molecule has 0 atom stereocenters. The van der Waals surface area contributed by atoms with Crippen molar-refractivity contribution < 1.29 is 4.74 Å². The summed E-state index contributed by atoms with van der Waals surface area (Å²) in [5.41, 5.74) is 8.13. The molecule has 3 aromatic rings. The number of thiazole rings is 1. The molecule has 0 unspecified atom stereocenters. The van der Waals surface area contributed by atoms with E-state index in [-0.39, 0.29) is 5.71 Å². The van der Waals surface area contributed by atoms with E-state index in [4.69, 9.17) is 4.74 Å². The molecule has 0 radical (unpaired) electrons. The maximum absolute atomic E-state index is 9.44. The smallest absolute Gasteiger partial charge is 0.196 e. The van der Waals surface area contributed by atoms with Crippen LogP contribution in [-0.4, -0.2) is 17.8 Å². The van der Waals surface area contributed by atoms with Gasteiger partial charge in [0.05, 0.1) is 18.5 Å². The number of aromatic nitrogens is 1. The lowest BCUT2D eigenvalue weighted by Gasteiger charge is -2.04. The number of anilines is 1. The third-order valence-corrected chi connectivity index (χ3v) is 4.83. The van der Waals surface area contributed by atoms with Crippen molar-refractivity contribution in [2.45, 2.75) is 13.8 Å². The van der Waals surface area contributed by atoms with Gasteiger partial charge in [0, 0.05) is 10.9 Å². The van der Waals surface area contributed by atoms with Crippen LogP contribution in [-0.2, 0) is 0 Å². The van der Waals surface area contributed by atoms with Crippen LogP contribution in [0.5, 0.6) is 5.75 Å². The van der Waals surface area contributed by atoms with Crippen LogP contribution >= 0.6 is 11.3 Å². The number of ether oxygens (including phenoxy) is 1. The minimum absolute atomic E-state index is 0.252. The Bertz CT molecular complexity index is 1000. The Kier molecular flexibility index (Phi) is 5.30. The van der Waals surface area contributed by atoms with Gasteiger partial charge in [-0.05, 0) is 49.2 Å². The number of benzene rings is 2. The Hall–Kier alpha value is -3.17. The predicted octanol–water partition coefficient (Wildman–Crippen LogP) is 4.78. The Balaban J connectivity index is 1.83. The van der Waals surface area contributed by atoms with Gasteiger partial charge in [-0.15, -0.1) is 11.3 Å². The second-order valence-electron chi connectivity index (χ2n) is 5.75. The van der Waals surface area contributed by atoms with E-state index < -0.39 is 0 Å². The maximum Gasteiger partial charge on any atom is 0.196 e. The van der Waals surface area contributed by atoms with E-state index >= 15 is 0 Å². The highest BCUT2D eigenvalue weighted by molar-refractivity contribution is 7.12. The van der Waals surface area contributed by atoms with Crippen LogP contribution in [0.4, 0.5) is 5.69 Å². The van der Waals surface area contributed by atoms with Crippen molar-refractivity contribution >= 4 is 22.7 Å². The van der Waals surface area contributed by atoms with Crippen LogP contribution < -0.4 is 10.2 Å². The molecule has 1 heterocycles. The Morgan fingerprint density at radius 1 is 1.19 bits per heavy atom. The summed E-state index contributed by atoms with van der Waals surface area (Å²) in [6.07, 6.45) is 0. The summed E-state index contributed by atoms with van der Waals surface area (Å²) in [7, 11) is 1.63. The zero-order valence-electron chi connectivity index (χ0n) is 14.8. The molecule has 130 valence electrons.